The SMILES string of the molecule is CC(C)N(Cc1ccccc1)Cc1cccc(CC#N)c1. The summed E-state index contributed by atoms with van der Waals surface area (Å²) in [6.45, 7) is 6.30. The zero-order valence-corrected chi connectivity index (χ0v) is 12.8. The van der Waals surface area contributed by atoms with Gasteiger partial charge in [0.05, 0.1) is 12.5 Å². The molecule has 0 unspecified atom stereocenters. The molecule has 0 aliphatic rings. The van der Waals surface area contributed by atoms with E-state index >= 15 is 0 Å². The van der Waals surface area contributed by atoms with Crippen LogP contribution in [0.25, 0.3) is 0 Å². The molecule has 2 aromatic carbocycles. The van der Waals surface area contributed by atoms with Crippen molar-refractivity contribution in [1.29, 1.82) is 5.26 Å². The van der Waals surface area contributed by atoms with E-state index < -0.39 is 0 Å². The van der Waals surface area contributed by atoms with E-state index in [1.165, 1.54) is 11.1 Å². The zero-order valence-electron chi connectivity index (χ0n) is 12.8. The lowest BCUT2D eigenvalue weighted by Gasteiger charge is -2.26. The molecule has 2 aromatic rings. The summed E-state index contributed by atoms with van der Waals surface area (Å²) < 4.78 is 0. The highest BCUT2D eigenvalue weighted by Crippen LogP contribution is 2.14. The quantitative estimate of drug-likeness (QED) is 0.793. The van der Waals surface area contributed by atoms with Crippen LogP contribution in [-0.2, 0) is 19.5 Å². The summed E-state index contributed by atoms with van der Waals surface area (Å²) in [5.41, 5.74) is 3.70. The molecule has 0 aliphatic heterocycles. The van der Waals surface area contributed by atoms with Gasteiger partial charge in [-0.05, 0) is 30.5 Å². The number of rotatable bonds is 6. The van der Waals surface area contributed by atoms with Gasteiger partial charge in [0.2, 0.25) is 0 Å². The van der Waals surface area contributed by atoms with Gasteiger partial charge in [-0.15, -0.1) is 0 Å². The minimum atomic E-state index is 0.477. The maximum Gasteiger partial charge on any atom is 0.0669 e. The molecule has 108 valence electrons. The molecule has 2 heteroatoms. The third-order valence-electron chi connectivity index (χ3n) is 3.62. The Kier molecular flexibility index (Phi) is 5.54. The highest BCUT2D eigenvalue weighted by molar-refractivity contribution is 5.25. The van der Waals surface area contributed by atoms with Crippen LogP contribution in [-0.4, -0.2) is 10.9 Å². The van der Waals surface area contributed by atoms with E-state index in [4.69, 9.17) is 5.26 Å². The van der Waals surface area contributed by atoms with E-state index in [0.29, 0.717) is 12.5 Å². The molecule has 0 amide bonds. The highest BCUT2D eigenvalue weighted by atomic mass is 15.1. The standard InChI is InChI=1S/C19H22N2/c1-16(2)21(14-18-7-4-3-5-8-18)15-19-10-6-9-17(13-19)11-12-20/h3-10,13,16H,11,14-15H2,1-2H3. The Hall–Kier alpha value is -2.11. The Morgan fingerprint density at radius 1 is 0.905 bits per heavy atom. The minimum absolute atomic E-state index is 0.477. The first-order chi connectivity index (χ1) is 10.2. The molecule has 21 heavy (non-hydrogen) atoms. The van der Waals surface area contributed by atoms with E-state index in [1.807, 2.05) is 12.1 Å². The van der Waals surface area contributed by atoms with Gasteiger partial charge in [-0.25, -0.2) is 0 Å². The monoisotopic (exact) mass is 278 g/mol. The van der Waals surface area contributed by atoms with Gasteiger partial charge in [-0.1, -0.05) is 54.6 Å². The molecule has 0 fully saturated rings. The molecule has 0 aromatic heterocycles. The number of hydrogen-bond acceptors (Lipinski definition) is 2. The summed E-state index contributed by atoms with van der Waals surface area (Å²) in [6, 6.07) is 21.6. The Bertz CT molecular complexity index is 596. The first kappa shape index (κ1) is 15.3. The lowest BCUT2D eigenvalue weighted by atomic mass is 10.1. The van der Waals surface area contributed by atoms with Gasteiger partial charge in [0.25, 0.3) is 0 Å². The van der Waals surface area contributed by atoms with Gasteiger partial charge in [-0.2, -0.15) is 5.26 Å². The van der Waals surface area contributed by atoms with Crippen LogP contribution in [0.2, 0.25) is 0 Å². The second-order valence-electron chi connectivity index (χ2n) is 5.64. The predicted octanol–water partition coefficient (Wildman–Crippen LogP) is 4.16. The molecular formula is C19H22N2. The second kappa shape index (κ2) is 7.61. The third kappa shape index (κ3) is 4.73. The maximum atomic E-state index is 8.82. The Balaban J connectivity index is 2.09. The molecule has 0 bridgehead atoms. The van der Waals surface area contributed by atoms with E-state index in [1.54, 1.807) is 0 Å². The smallest absolute Gasteiger partial charge is 0.0669 e. The van der Waals surface area contributed by atoms with E-state index in [2.05, 4.69) is 67.3 Å². The normalized spacial score (nSPS) is 10.8. The minimum Gasteiger partial charge on any atom is -0.292 e. The Labute approximate surface area is 127 Å². The molecule has 0 spiro atoms. The summed E-state index contributed by atoms with van der Waals surface area (Å²) in [5.74, 6) is 0. The third-order valence-corrected chi connectivity index (χ3v) is 3.62. The lowest BCUT2D eigenvalue weighted by molar-refractivity contribution is 0.203. The van der Waals surface area contributed by atoms with Crippen LogP contribution < -0.4 is 0 Å². The number of nitrogens with zero attached hydrogens (tertiary/aromatic N) is 2. The molecule has 0 atom stereocenters. The van der Waals surface area contributed by atoms with Crippen molar-refractivity contribution in [3.8, 4) is 6.07 Å². The maximum absolute atomic E-state index is 8.82. The summed E-state index contributed by atoms with van der Waals surface area (Å²) in [5, 5.41) is 8.82. The molecule has 0 aliphatic carbocycles. The van der Waals surface area contributed by atoms with Gasteiger partial charge in [0, 0.05) is 19.1 Å². The summed E-state index contributed by atoms with van der Waals surface area (Å²) in [4.78, 5) is 2.45. The number of nitriles is 1. The van der Waals surface area contributed by atoms with Crippen LogP contribution in [0.4, 0.5) is 0 Å². The fourth-order valence-corrected chi connectivity index (χ4v) is 2.40. The molecule has 0 saturated heterocycles. The summed E-state index contributed by atoms with van der Waals surface area (Å²) in [6.07, 6.45) is 0.480. The molecule has 0 saturated carbocycles. The van der Waals surface area contributed by atoms with E-state index in [0.717, 1.165) is 18.7 Å². The van der Waals surface area contributed by atoms with Crippen molar-refractivity contribution >= 4 is 0 Å². The van der Waals surface area contributed by atoms with Crippen molar-refractivity contribution in [2.45, 2.75) is 39.4 Å². The summed E-state index contributed by atoms with van der Waals surface area (Å²) in [7, 11) is 0. The average Bonchev–Trinajstić information content (AvgIpc) is 2.48. The molecule has 2 nitrogen and oxygen atoms in total. The van der Waals surface area contributed by atoms with Crippen molar-refractivity contribution in [2.75, 3.05) is 0 Å². The Morgan fingerprint density at radius 3 is 2.19 bits per heavy atom. The molecular weight excluding hydrogens is 256 g/mol. The van der Waals surface area contributed by atoms with E-state index in [9.17, 15) is 0 Å². The molecule has 0 heterocycles. The van der Waals surface area contributed by atoms with Gasteiger partial charge in [-0.3, -0.25) is 4.90 Å². The first-order valence-corrected chi connectivity index (χ1v) is 7.42. The van der Waals surface area contributed by atoms with Gasteiger partial charge in [0.1, 0.15) is 0 Å². The lowest BCUT2D eigenvalue weighted by Crippen LogP contribution is -2.29. The van der Waals surface area contributed by atoms with E-state index in [-0.39, 0.29) is 0 Å². The largest absolute Gasteiger partial charge is 0.292 e. The predicted molar refractivity (Wildman–Crippen MR) is 86.6 cm³/mol. The fraction of sp³-hybridized carbons (Fsp3) is 0.316. The number of hydrogen-bond donors (Lipinski definition) is 0. The fourth-order valence-electron chi connectivity index (χ4n) is 2.40. The van der Waals surface area contributed by atoms with Crippen LogP contribution in [0.1, 0.15) is 30.5 Å². The molecule has 0 N–H and O–H groups in total. The van der Waals surface area contributed by atoms with Gasteiger partial charge < -0.3 is 0 Å². The zero-order chi connectivity index (χ0) is 15.1. The highest BCUT2D eigenvalue weighted by Gasteiger charge is 2.11. The second-order valence-corrected chi connectivity index (χ2v) is 5.64. The van der Waals surface area contributed by atoms with Gasteiger partial charge >= 0.3 is 0 Å². The first-order valence-electron chi connectivity index (χ1n) is 7.42. The van der Waals surface area contributed by atoms with Crippen molar-refractivity contribution in [1.82, 2.24) is 4.90 Å². The molecule has 2 rings (SSSR count). The van der Waals surface area contributed by atoms with Crippen molar-refractivity contribution in [3.05, 3.63) is 71.3 Å². The van der Waals surface area contributed by atoms with Crippen molar-refractivity contribution in [2.24, 2.45) is 0 Å². The van der Waals surface area contributed by atoms with Crippen LogP contribution in [0.15, 0.2) is 54.6 Å². The van der Waals surface area contributed by atoms with Crippen molar-refractivity contribution in [3.63, 3.8) is 0 Å². The summed E-state index contributed by atoms with van der Waals surface area (Å²) >= 11 is 0. The van der Waals surface area contributed by atoms with Crippen LogP contribution in [0.3, 0.4) is 0 Å². The van der Waals surface area contributed by atoms with Crippen molar-refractivity contribution < 1.29 is 0 Å². The average molecular weight is 278 g/mol. The van der Waals surface area contributed by atoms with Crippen LogP contribution in [0.5, 0.6) is 0 Å². The van der Waals surface area contributed by atoms with Crippen LogP contribution >= 0.6 is 0 Å². The molecule has 0 radical (unpaired) electrons. The van der Waals surface area contributed by atoms with Gasteiger partial charge in [0.15, 0.2) is 0 Å². The van der Waals surface area contributed by atoms with Crippen LogP contribution in [0, 0.1) is 11.3 Å². The Morgan fingerprint density at radius 2 is 1.52 bits per heavy atom. The topological polar surface area (TPSA) is 27.0 Å². The number of benzene rings is 2.